The summed E-state index contributed by atoms with van der Waals surface area (Å²) in [5.41, 5.74) is -26.1. The molecule has 6 atom stereocenters. The number of hydrogen-bond donors (Lipinski definition) is 6. The highest BCUT2D eigenvalue weighted by Crippen LogP contribution is 2.47. The van der Waals surface area contributed by atoms with Gasteiger partial charge in [0.05, 0.1) is 76.3 Å². The van der Waals surface area contributed by atoms with E-state index >= 15 is 0 Å². The van der Waals surface area contributed by atoms with E-state index in [1.807, 2.05) is 0 Å². The summed E-state index contributed by atoms with van der Waals surface area (Å²) in [6, 6.07) is 28.2. The normalized spacial score (nSPS) is 45.0. The number of hydrogen-bond acceptors (Lipinski definition) is 18. The Morgan fingerprint density at radius 1 is 0.258 bits per heavy atom. The van der Waals surface area contributed by atoms with Crippen LogP contribution in [0.2, 0.25) is 0 Å². The summed E-state index contributed by atoms with van der Waals surface area (Å²) in [6.45, 7) is -34.2. The van der Waals surface area contributed by atoms with E-state index in [1.165, 1.54) is 149 Å². The van der Waals surface area contributed by atoms with Crippen molar-refractivity contribution in [2.24, 2.45) is 0 Å². The molecule has 6 aromatic rings. The first-order valence-electron chi connectivity index (χ1n) is 79.2. The Hall–Kier alpha value is -6.36. The fourth-order valence-corrected chi connectivity index (χ4v) is 11.3. The van der Waals surface area contributed by atoms with Crippen LogP contribution in [0.1, 0.15) is 379 Å². The monoisotopic (exact) mass is 1750 g/mol. The number of ether oxygens (including phenoxy) is 6. The molecule has 0 aromatic heterocycles. The van der Waals surface area contributed by atoms with E-state index in [0.29, 0.717) is 16.4 Å². The molecule has 0 bridgehead atoms. The second kappa shape index (κ2) is 50.0. The summed E-state index contributed by atoms with van der Waals surface area (Å²) in [7, 11) is 15.1. The summed E-state index contributed by atoms with van der Waals surface area (Å²) in [4.78, 5) is 1.99. The second-order valence-corrected chi connectivity index (χ2v) is 26.3. The van der Waals surface area contributed by atoms with Crippen molar-refractivity contribution in [2.75, 3.05) is 166 Å². The van der Waals surface area contributed by atoms with Gasteiger partial charge in [0.25, 0.3) is 0 Å². The Kier molecular flexibility index (Phi) is 14.1. The number of rotatable bonds is 30. The van der Waals surface area contributed by atoms with Gasteiger partial charge in [0.1, 0.15) is 34.5 Å². The van der Waals surface area contributed by atoms with Gasteiger partial charge in [0.15, 0.2) is 0 Å². The first-order valence-corrected chi connectivity index (χ1v) is 35.7. The zero-order valence-electron chi connectivity index (χ0n) is 155. The Labute approximate surface area is 848 Å². The van der Waals surface area contributed by atoms with Gasteiger partial charge in [0, 0.05) is 194 Å². The minimum Gasteiger partial charge on any atom is -0.497 e. The van der Waals surface area contributed by atoms with E-state index in [0.717, 1.165) is 91.8 Å². The second-order valence-electron chi connectivity index (χ2n) is 26.3. The quantitative estimate of drug-likeness (QED) is 0.0249. The maximum absolute atomic E-state index is 11.9. The van der Waals surface area contributed by atoms with Gasteiger partial charge in [-0.25, -0.2) is 0 Å². The van der Waals surface area contributed by atoms with Crippen molar-refractivity contribution < 1.29 is 178 Å². The molecule has 6 unspecified atom stereocenters. The molecule has 6 aliphatic rings. The highest BCUT2D eigenvalue weighted by molar-refractivity contribution is 5.37. The van der Waals surface area contributed by atoms with Crippen molar-refractivity contribution in [3.8, 4) is 34.5 Å². The minimum absolute atomic E-state index is 0.0974. The van der Waals surface area contributed by atoms with Crippen LogP contribution >= 0.6 is 0 Å². The average Bonchev–Trinajstić information content (AvgIpc) is 0.643. The van der Waals surface area contributed by atoms with Crippen molar-refractivity contribution in [3.05, 3.63) is 179 Å². The molecule has 6 fully saturated rings. The van der Waals surface area contributed by atoms with Gasteiger partial charge >= 0.3 is 0 Å². The molecule has 0 aliphatic heterocycles. The molecule has 18 heteroatoms. The van der Waals surface area contributed by atoms with E-state index in [1.54, 1.807) is 0 Å². The zero-order chi connectivity index (χ0) is 164. The SMILES string of the molecule is [2H]C(CN(C)C)(c1ccc(OC)cc1)C1(O)C([2H])([2H])C([2H])([2H])C([2H])([2H])C([2H])([2H])C1([2H])[2H].[2H]C([2H])(C(c1ccc(OC)cc1)C1(O)C([2H])([2H])C([2H])([2H])C([2H])([2H])C([2H])([2H])C1([2H])[2H])N(C)C.[2H]C([2H])([2H])N(C([2H])([2H])[2H])C([2H])([2H])C(c1ccc(OC)cc1)C1(O)C([2H])([2H])C([2H])([2H])C([2H])([2H])C([2H])([2H])C1([2H])[2H].[2H]C([2H])([2H])N(C)C([2H])([2H])C(c1ccc(OC)cc1)C1(O)C([2H])([2H])C([2H])([2H])C([2H])([2H])C([2H])([2H])C1([2H])[2H].[2H]C([2H])([2H])N(C)CC([2H])(c1ccc(OC)cc1)C1(O)C([2H])([2H])C([2H])([2H])C([2H])([2H])C([2H])([2H])C1([2H])[2H].[2H]C([2H])([2H])N(CC([2H])(c1ccc(OC)cc1)C1(O)C([2H])([2H])C([2H])([2H])C([2H])([2H])C([2H])([2H])C1([2H])[2H])C([2H])([2H])[2H]. The van der Waals surface area contributed by atoms with Crippen LogP contribution in [0, 0.1) is 0 Å². The topological polar surface area (TPSA) is 196 Å². The fraction of sp³-hybridized carbons (Fsp3) is 0.647. The summed E-state index contributed by atoms with van der Waals surface area (Å²) in [6.07, 6.45) is -117. The predicted octanol–water partition coefficient (Wildman–Crippen LogP) is 18.2. The van der Waals surface area contributed by atoms with Crippen molar-refractivity contribution in [1.29, 1.82) is 0 Å². The summed E-state index contributed by atoms with van der Waals surface area (Å²) in [5.74, 6) is -15.6. The first-order chi connectivity index (χ1) is 90.7. The van der Waals surface area contributed by atoms with Gasteiger partial charge < -0.3 is 88.5 Å². The molecule has 6 aliphatic carbocycles. The summed E-state index contributed by atoms with van der Waals surface area (Å²) < 4.78 is 741. The number of methoxy groups -OCH3 is 6. The largest absolute Gasteiger partial charge is 0.497 e. The van der Waals surface area contributed by atoms with Crippen LogP contribution in [0.25, 0.3) is 0 Å². The van der Waals surface area contributed by atoms with Crippen molar-refractivity contribution in [3.63, 3.8) is 0 Å². The Balaban J connectivity index is 0.000000329. The number of benzene rings is 6. The maximum Gasteiger partial charge on any atom is 0.118 e. The molecule has 6 saturated carbocycles. The van der Waals surface area contributed by atoms with E-state index in [9.17, 15) is 32.0 Å². The highest BCUT2D eigenvalue weighted by atomic mass is 16.5. The molecular formula is C102H162N6O12. The number of aliphatic hydroxyl groups is 6. The maximum atomic E-state index is 11.9. The van der Waals surface area contributed by atoms with Crippen molar-refractivity contribution in [2.45, 2.75) is 260 Å². The van der Waals surface area contributed by atoms with E-state index in [2.05, 4.69) is 0 Å². The van der Waals surface area contributed by atoms with Gasteiger partial charge in [-0.05, 0) is 267 Å². The van der Waals surface area contributed by atoms with E-state index in [-0.39, 0.29) is 49.5 Å². The molecule has 672 valence electrons. The zero-order valence-corrected chi connectivity index (χ0v) is 67.5. The first kappa shape index (κ1) is 33.8. The van der Waals surface area contributed by atoms with Crippen molar-refractivity contribution >= 4 is 0 Å². The third-order valence-corrected chi connectivity index (χ3v) is 17.1. The highest BCUT2D eigenvalue weighted by Gasteiger charge is 2.45. The number of nitrogens with zero attached hydrogens (tertiary/aromatic N) is 6. The van der Waals surface area contributed by atoms with Crippen LogP contribution in [-0.4, -0.2) is 260 Å². The lowest BCUT2D eigenvalue weighted by molar-refractivity contribution is -0.0280. The van der Waals surface area contributed by atoms with Crippen LogP contribution in [0.5, 0.6) is 34.5 Å². The molecule has 12 rings (SSSR count). The molecule has 0 amide bonds. The molecule has 0 saturated heterocycles. The van der Waals surface area contributed by atoms with Crippen LogP contribution in [0.15, 0.2) is 146 Å². The lowest BCUT2D eigenvalue weighted by Crippen LogP contribution is -2.42. The standard InChI is InChI=1S/6C17H27NO2/c6*1-18(2)13-16(17(19)11-5-4-6-12-17)14-7-9-15(20-3)10-8-14/h6*7-10,16,19H,4-6,11-13H2,1-3H3/i1D3,2D3,4D2,5D2,6D2,11D2,12D2,16D;1D3,2D3,4D2,5D2,6D2,11D2,12D2,13D2;1D3,4D2,5D2,6D2,11D2,12D2,16D;1D3,4D2,5D2,6D2,11D2,12D2,13D2;4D2,5D2,6D2,11D2,12D2,16D;4D2,5D2,6D2,11D2,12D2,13D2. The molecule has 0 radical (unpaired) electrons. The Morgan fingerprint density at radius 3 is 0.642 bits per heavy atom. The van der Waals surface area contributed by atoms with Gasteiger partial charge in [-0.2, -0.15) is 0 Å². The number of likely N-dealkylation sites (N-methyl/N-ethyl adjacent to an activating group) is 6. The molecule has 0 heterocycles. The summed E-state index contributed by atoms with van der Waals surface area (Å²) >= 11 is 0. The van der Waals surface area contributed by atoms with Gasteiger partial charge in [0.2, 0.25) is 0 Å². The molecule has 6 aromatic carbocycles. The minimum atomic E-state index is -4.27. The Morgan fingerprint density at radius 2 is 0.442 bits per heavy atom. The van der Waals surface area contributed by atoms with Crippen LogP contribution in [-0.2, 0) is 0 Å². The third-order valence-electron chi connectivity index (χ3n) is 17.1. The lowest BCUT2D eigenvalue weighted by Gasteiger charge is -2.40. The van der Waals surface area contributed by atoms with Crippen LogP contribution in [0.3, 0.4) is 0 Å². The van der Waals surface area contributed by atoms with Crippen molar-refractivity contribution in [1.82, 2.24) is 29.4 Å². The smallest absolute Gasteiger partial charge is 0.118 e. The van der Waals surface area contributed by atoms with Crippen LogP contribution in [0.4, 0.5) is 0 Å². The third kappa shape index (κ3) is 31.1. The molecule has 6 N–H and O–H groups in total. The fourth-order valence-electron chi connectivity index (χ4n) is 11.3. The predicted molar refractivity (Wildman–Crippen MR) is 494 cm³/mol. The molecular weight excluding hydrogens is 1500 g/mol. The van der Waals surface area contributed by atoms with Gasteiger partial charge in [-0.1, -0.05) is 188 Å². The van der Waals surface area contributed by atoms with Gasteiger partial charge in [-0.3, -0.25) is 0 Å². The molecule has 120 heavy (non-hydrogen) atoms. The molecule has 0 spiro atoms. The van der Waals surface area contributed by atoms with Gasteiger partial charge in [-0.15, -0.1) is 0 Å². The van der Waals surface area contributed by atoms with E-state index in [4.69, 9.17) is 146 Å². The molecule has 18 nitrogen and oxygen atoms in total. The average molecular weight is 1750 g/mol. The lowest BCUT2D eigenvalue weighted by atomic mass is 9.72. The van der Waals surface area contributed by atoms with E-state index < -0.39 is 363 Å². The summed E-state index contributed by atoms with van der Waals surface area (Å²) in [5, 5.41) is 71.0. The Bertz CT molecular complexity index is 7700. The van der Waals surface area contributed by atoms with Crippen LogP contribution < -0.4 is 28.4 Å².